The van der Waals surface area contributed by atoms with Gasteiger partial charge in [0.15, 0.2) is 6.10 Å². The van der Waals surface area contributed by atoms with Crippen molar-refractivity contribution in [3.05, 3.63) is 63.2 Å². The SMILES string of the molecule is COCCNc1ccc(C(=O)O[C@H](C)C(=O)Nc2c(C)cccc2C)cc1[N+](=O)[O-]. The van der Waals surface area contributed by atoms with E-state index in [-0.39, 0.29) is 16.9 Å². The summed E-state index contributed by atoms with van der Waals surface area (Å²) in [6.07, 6.45) is -1.09. The Balaban J connectivity index is 2.09. The van der Waals surface area contributed by atoms with E-state index in [1.807, 2.05) is 32.0 Å². The number of benzene rings is 2. The second-order valence-corrected chi connectivity index (χ2v) is 6.71. The molecule has 30 heavy (non-hydrogen) atoms. The molecule has 0 bridgehead atoms. The summed E-state index contributed by atoms with van der Waals surface area (Å²) in [6.45, 7) is 5.90. The summed E-state index contributed by atoms with van der Waals surface area (Å²) in [4.78, 5) is 35.6. The van der Waals surface area contributed by atoms with Crippen LogP contribution in [0.1, 0.15) is 28.4 Å². The van der Waals surface area contributed by atoms with Crippen molar-refractivity contribution < 1.29 is 24.0 Å². The van der Waals surface area contributed by atoms with Crippen LogP contribution in [0.3, 0.4) is 0 Å². The standard InChI is InChI=1S/C21H25N3O6/c1-13-6-5-7-14(2)19(13)23-20(25)15(3)30-21(26)16-8-9-17(22-10-11-29-4)18(12-16)24(27)28/h5-9,12,15,22H,10-11H2,1-4H3,(H,23,25)/t15-/m1/s1. The minimum Gasteiger partial charge on any atom is -0.449 e. The van der Waals surface area contributed by atoms with Gasteiger partial charge in [-0.2, -0.15) is 0 Å². The van der Waals surface area contributed by atoms with Crippen LogP contribution in [0.25, 0.3) is 0 Å². The highest BCUT2D eigenvalue weighted by atomic mass is 16.6. The second kappa shape index (κ2) is 10.4. The summed E-state index contributed by atoms with van der Waals surface area (Å²) < 4.78 is 10.1. The number of nitrogens with one attached hydrogen (secondary N) is 2. The summed E-state index contributed by atoms with van der Waals surface area (Å²) in [5.41, 5.74) is 2.39. The van der Waals surface area contributed by atoms with E-state index in [1.54, 1.807) is 0 Å². The summed E-state index contributed by atoms with van der Waals surface area (Å²) in [6, 6.07) is 9.55. The van der Waals surface area contributed by atoms with E-state index in [2.05, 4.69) is 10.6 Å². The van der Waals surface area contributed by atoms with Crippen molar-refractivity contribution in [1.29, 1.82) is 0 Å². The predicted octanol–water partition coefficient (Wildman–Crippen LogP) is 3.45. The first-order chi connectivity index (χ1) is 14.2. The number of anilines is 2. The van der Waals surface area contributed by atoms with Crippen molar-refractivity contribution in [2.75, 3.05) is 30.9 Å². The molecule has 2 rings (SSSR count). The van der Waals surface area contributed by atoms with Crippen LogP contribution in [-0.2, 0) is 14.3 Å². The van der Waals surface area contributed by atoms with E-state index in [0.717, 1.165) is 17.2 Å². The first kappa shape index (κ1) is 22.8. The van der Waals surface area contributed by atoms with E-state index < -0.39 is 22.9 Å². The maximum Gasteiger partial charge on any atom is 0.339 e. The number of hydrogen-bond donors (Lipinski definition) is 2. The monoisotopic (exact) mass is 415 g/mol. The number of rotatable bonds is 9. The highest BCUT2D eigenvalue weighted by molar-refractivity contribution is 5.98. The molecular formula is C21H25N3O6. The molecule has 0 aliphatic rings. The normalized spacial score (nSPS) is 11.5. The van der Waals surface area contributed by atoms with Gasteiger partial charge in [-0.1, -0.05) is 18.2 Å². The van der Waals surface area contributed by atoms with Crippen LogP contribution in [0.4, 0.5) is 17.1 Å². The maximum atomic E-state index is 12.4. The largest absolute Gasteiger partial charge is 0.449 e. The van der Waals surface area contributed by atoms with Gasteiger partial charge in [0.05, 0.1) is 17.1 Å². The Kier molecular flexibility index (Phi) is 7.88. The number of nitrogens with zero attached hydrogens (tertiary/aromatic N) is 1. The summed E-state index contributed by atoms with van der Waals surface area (Å²) in [5, 5.41) is 17.0. The van der Waals surface area contributed by atoms with Gasteiger partial charge in [-0.3, -0.25) is 14.9 Å². The van der Waals surface area contributed by atoms with Crippen LogP contribution in [0.2, 0.25) is 0 Å². The van der Waals surface area contributed by atoms with Gasteiger partial charge < -0.3 is 20.1 Å². The first-order valence-electron chi connectivity index (χ1n) is 9.34. The number of amides is 1. The molecule has 9 nitrogen and oxygen atoms in total. The van der Waals surface area contributed by atoms with Crippen LogP contribution < -0.4 is 10.6 Å². The third kappa shape index (κ3) is 5.77. The molecule has 9 heteroatoms. The van der Waals surface area contributed by atoms with Crippen molar-refractivity contribution >= 4 is 28.9 Å². The molecule has 0 fully saturated rings. The highest BCUT2D eigenvalue weighted by Gasteiger charge is 2.23. The molecule has 0 radical (unpaired) electrons. The number of aryl methyl sites for hydroxylation is 2. The lowest BCUT2D eigenvalue weighted by atomic mass is 10.1. The third-order valence-corrected chi connectivity index (χ3v) is 4.43. The number of methoxy groups -OCH3 is 1. The molecule has 0 aliphatic carbocycles. The van der Waals surface area contributed by atoms with Crippen LogP contribution in [-0.4, -0.2) is 43.2 Å². The van der Waals surface area contributed by atoms with E-state index in [9.17, 15) is 19.7 Å². The van der Waals surface area contributed by atoms with Crippen LogP contribution in [0, 0.1) is 24.0 Å². The zero-order valence-electron chi connectivity index (χ0n) is 17.4. The van der Waals surface area contributed by atoms with Gasteiger partial charge in [0.25, 0.3) is 11.6 Å². The molecule has 2 aromatic rings. The Bertz CT molecular complexity index is 924. The summed E-state index contributed by atoms with van der Waals surface area (Å²) >= 11 is 0. The van der Waals surface area contributed by atoms with Crippen LogP contribution in [0.5, 0.6) is 0 Å². The van der Waals surface area contributed by atoms with E-state index in [0.29, 0.717) is 18.8 Å². The topological polar surface area (TPSA) is 120 Å². The number of ether oxygens (including phenoxy) is 2. The molecule has 160 valence electrons. The van der Waals surface area contributed by atoms with E-state index in [1.165, 1.54) is 26.2 Å². The Morgan fingerprint density at radius 2 is 1.83 bits per heavy atom. The average molecular weight is 415 g/mol. The minimum atomic E-state index is -1.09. The highest BCUT2D eigenvalue weighted by Crippen LogP contribution is 2.26. The Labute approximate surface area is 174 Å². The molecule has 2 N–H and O–H groups in total. The lowest BCUT2D eigenvalue weighted by Crippen LogP contribution is -2.30. The number of carbonyl (C=O) groups is 2. The maximum absolute atomic E-state index is 12.4. The van der Waals surface area contributed by atoms with Crippen LogP contribution in [0.15, 0.2) is 36.4 Å². The molecule has 0 unspecified atom stereocenters. The molecule has 0 heterocycles. The van der Waals surface area contributed by atoms with Gasteiger partial charge in [-0.05, 0) is 44.0 Å². The fourth-order valence-electron chi connectivity index (χ4n) is 2.77. The molecule has 0 saturated carbocycles. The molecular weight excluding hydrogens is 390 g/mol. The number of carbonyl (C=O) groups excluding carboxylic acids is 2. The Hall–Kier alpha value is -3.46. The number of nitro groups is 1. The van der Waals surface area contributed by atoms with Gasteiger partial charge in [0.2, 0.25) is 0 Å². The smallest absolute Gasteiger partial charge is 0.339 e. The van der Waals surface area contributed by atoms with Gasteiger partial charge >= 0.3 is 5.97 Å². The fourth-order valence-corrected chi connectivity index (χ4v) is 2.77. The number of nitro benzene ring substituents is 1. The minimum absolute atomic E-state index is 0.0225. The lowest BCUT2D eigenvalue weighted by Gasteiger charge is -2.16. The van der Waals surface area contributed by atoms with E-state index in [4.69, 9.17) is 9.47 Å². The van der Waals surface area contributed by atoms with Crippen molar-refractivity contribution in [1.82, 2.24) is 0 Å². The molecule has 1 amide bonds. The Morgan fingerprint density at radius 1 is 1.17 bits per heavy atom. The number of hydrogen-bond acceptors (Lipinski definition) is 7. The average Bonchev–Trinajstić information content (AvgIpc) is 2.70. The second-order valence-electron chi connectivity index (χ2n) is 6.71. The molecule has 0 aromatic heterocycles. The molecule has 0 spiro atoms. The van der Waals surface area contributed by atoms with Crippen molar-refractivity contribution in [2.24, 2.45) is 0 Å². The zero-order chi connectivity index (χ0) is 22.3. The summed E-state index contributed by atoms with van der Waals surface area (Å²) in [5.74, 6) is -1.32. The fraction of sp³-hybridized carbons (Fsp3) is 0.333. The first-order valence-corrected chi connectivity index (χ1v) is 9.34. The Morgan fingerprint density at radius 3 is 2.43 bits per heavy atom. The van der Waals surface area contributed by atoms with Crippen molar-refractivity contribution in [3.63, 3.8) is 0 Å². The van der Waals surface area contributed by atoms with Crippen molar-refractivity contribution in [3.8, 4) is 0 Å². The van der Waals surface area contributed by atoms with Crippen molar-refractivity contribution in [2.45, 2.75) is 26.9 Å². The predicted molar refractivity (Wildman–Crippen MR) is 113 cm³/mol. The quantitative estimate of drug-likeness (QED) is 0.278. The lowest BCUT2D eigenvalue weighted by molar-refractivity contribution is -0.384. The third-order valence-electron chi connectivity index (χ3n) is 4.43. The number of esters is 1. The van der Waals surface area contributed by atoms with Gasteiger partial charge in [-0.15, -0.1) is 0 Å². The zero-order valence-corrected chi connectivity index (χ0v) is 17.4. The van der Waals surface area contributed by atoms with Crippen LogP contribution >= 0.6 is 0 Å². The molecule has 0 saturated heterocycles. The van der Waals surface area contributed by atoms with Gasteiger partial charge in [-0.25, -0.2) is 4.79 Å². The van der Waals surface area contributed by atoms with E-state index >= 15 is 0 Å². The molecule has 0 aliphatic heterocycles. The molecule has 1 atom stereocenters. The molecule has 2 aromatic carbocycles. The van der Waals surface area contributed by atoms with Gasteiger partial charge in [0, 0.05) is 25.4 Å². The van der Waals surface area contributed by atoms with Gasteiger partial charge in [0.1, 0.15) is 5.69 Å². The summed E-state index contributed by atoms with van der Waals surface area (Å²) in [7, 11) is 1.52. The number of para-hydroxylation sites is 1.